The fraction of sp³-hybridized carbons (Fsp3) is 0.324. The van der Waals surface area contributed by atoms with E-state index in [1.165, 1.54) is 12.1 Å². The van der Waals surface area contributed by atoms with Crippen LogP contribution in [0.25, 0.3) is 22.4 Å². The van der Waals surface area contributed by atoms with Gasteiger partial charge in [0, 0.05) is 72.7 Å². The SMILES string of the molecule is CCOc1cc(F)c(Cn2nc(-c3nc(CN4CCOCC4)cc(Nc4ccnc(NC(=O)C5CC5)c4)n3)c3ccccc32)c(F)c1. The van der Waals surface area contributed by atoms with Crippen molar-refractivity contribution >= 4 is 34.1 Å². The summed E-state index contributed by atoms with van der Waals surface area (Å²) in [5.41, 5.74) is 2.48. The molecule has 2 fully saturated rings. The lowest BCUT2D eigenvalue weighted by atomic mass is 10.1. The number of hydrogen-bond donors (Lipinski definition) is 2. The second kappa shape index (κ2) is 13.4. The Hall–Kier alpha value is -5.01. The molecule has 47 heavy (non-hydrogen) atoms. The first-order chi connectivity index (χ1) is 22.9. The molecule has 1 saturated carbocycles. The Morgan fingerprint density at radius 1 is 1.00 bits per heavy atom. The number of carbonyl (C=O) groups excluding carboxylic acids is 1. The molecule has 0 spiro atoms. The van der Waals surface area contributed by atoms with Crippen LogP contribution in [0.4, 0.5) is 26.1 Å². The number of aromatic nitrogens is 5. The predicted molar refractivity (Wildman–Crippen MR) is 172 cm³/mol. The lowest BCUT2D eigenvalue weighted by Gasteiger charge is -2.26. The van der Waals surface area contributed by atoms with E-state index in [0.29, 0.717) is 60.7 Å². The Kier molecular flexibility index (Phi) is 8.72. The highest BCUT2D eigenvalue weighted by Gasteiger charge is 2.30. The Morgan fingerprint density at radius 3 is 2.55 bits per heavy atom. The van der Waals surface area contributed by atoms with Crippen LogP contribution in [0.2, 0.25) is 0 Å². The molecule has 0 bridgehead atoms. The molecule has 1 amide bonds. The number of para-hydroxylation sites is 1. The van der Waals surface area contributed by atoms with Crippen LogP contribution in [-0.4, -0.2) is 68.4 Å². The summed E-state index contributed by atoms with van der Waals surface area (Å²) in [6.07, 6.45) is 3.41. The van der Waals surface area contributed by atoms with Gasteiger partial charge in [0.05, 0.1) is 37.6 Å². The van der Waals surface area contributed by atoms with Crippen molar-refractivity contribution in [3.8, 4) is 17.3 Å². The van der Waals surface area contributed by atoms with E-state index in [4.69, 9.17) is 24.5 Å². The van der Waals surface area contributed by atoms with Gasteiger partial charge in [0.2, 0.25) is 5.91 Å². The van der Waals surface area contributed by atoms with Crippen molar-refractivity contribution in [2.75, 3.05) is 43.5 Å². The molecule has 1 aliphatic heterocycles. The molecule has 4 heterocycles. The first-order valence-corrected chi connectivity index (χ1v) is 15.7. The van der Waals surface area contributed by atoms with Crippen molar-refractivity contribution in [2.45, 2.75) is 32.9 Å². The van der Waals surface area contributed by atoms with Gasteiger partial charge in [-0.05, 0) is 31.9 Å². The molecule has 1 aliphatic carbocycles. The smallest absolute Gasteiger partial charge is 0.228 e. The predicted octanol–water partition coefficient (Wildman–Crippen LogP) is 5.54. The Balaban J connectivity index is 1.25. The molecule has 13 heteroatoms. The molecule has 0 atom stereocenters. The van der Waals surface area contributed by atoms with Gasteiger partial charge in [0.1, 0.15) is 34.7 Å². The minimum absolute atomic E-state index is 0.0285. The summed E-state index contributed by atoms with van der Waals surface area (Å²) >= 11 is 0. The third kappa shape index (κ3) is 7.05. The van der Waals surface area contributed by atoms with Gasteiger partial charge < -0.3 is 20.1 Å². The van der Waals surface area contributed by atoms with E-state index in [2.05, 4.69) is 20.5 Å². The van der Waals surface area contributed by atoms with Crippen LogP contribution >= 0.6 is 0 Å². The van der Waals surface area contributed by atoms with Crippen molar-refractivity contribution in [2.24, 2.45) is 5.92 Å². The zero-order chi connectivity index (χ0) is 32.3. The zero-order valence-electron chi connectivity index (χ0n) is 25.9. The minimum Gasteiger partial charge on any atom is -0.494 e. The van der Waals surface area contributed by atoms with Gasteiger partial charge in [-0.1, -0.05) is 18.2 Å². The highest BCUT2D eigenvalue weighted by atomic mass is 19.1. The largest absolute Gasteiger partial charge is 0.494 e. The number of ether oxygens (including phenoxy) is 2. The maximum absolute atomic E-state index is 15.1. The van der Waals surface area contributed by atoms with Crippen molar-refractivity contribution in [3.63, 3.8) is 0 Å². The Labute approximate surface area is 269 Å². The molecule has 11 nitrogen and oxygen atoms in total. The number of nitrogens with one attached hydrogen (secondary N) is 2. The molecule has 2 aliphatic rings. The number of nitrogens with zero attached hydrogens (tertiary/aromatic N) is 6. The van der Waals surface area contributed by atoms with E-state index >= 15 is 8.78 Å². The summed E-state index contributed by atoms with van der Waals surface area (Å²) in [4.78, 5) is 28.6. The number of fused-ring (bicyclic) bond motifs is 1. The normalized spacial score (nSPS) is 15.1. The Bertz CT molecular complexity index is 1900. The van der Waals surface area contributed by atoms with Crippen LogP contribution in [0.3, 0.4) is 0 Å². The van der Waals surface area contributed by atoms with Gasteiger partial charge in [-0.25, -0.2) is 23.7 Å². The van der Waals surface area contributed by atoms with E-state index < -0.39 is 11.6 Å². The quantitative estimate of drug-likeness (QED) is 0.192. The van der Waals surface area contributed by atoms with Gasteiger partial charge in [-0.15, -0.1) is 0 Å². The molecular weight excluding hydrogens is 606 g/mol. The third-order valence-electron chi connectivity index (χ3n) is 8.10. The number of anilines is 3. The number of morpholine rings is 1. The van der Waals surface area contributed by atoms with Crippen molar-refractivity contribution in [1.29, 1.82) is 0 Å². The number of hydrogen-bond acceptors (Lipinski definition) is 9. The summed E-state index contributed by atoms with van der Waals surface area (Å²) < 4.78 is 42.6. The van der Waals surface area contributed by atoms with Gasteiger partial charge in [-0.2, -0.15) is 5.10 Å². The topological polar surface area (TPSA) is 119 Å². The van der Waals surface area contributed by atoms with Gasteiger partial charge in [-0.3, -0.25) is 14.4 Å². The maximum Gasteiger partial charge on any atom is 0.228 e. The van der Waals surface area contributed by atoms with Crippen LogP contribution < -0.4 is 15.4 Å². The first kappa shape index (κ1) is 30.6. The number of amides is 1. The van der Waals surface area contributed by atoms with E-state index in [1.807, 2.05) is 30.3 Å². The minimum atomic E-state index is -0.713. The van der Waals surface area contributed by atoms with Gasteiger partial charge in [0.25, 0.3) is 0 Å². The molecule has 2 aromatic carbocycles. The van der Waals surface area contributed by atoms with E-state index in [0.717, 1.165) is 37.0 Å². The molecular formula is C34H34F2N8O3. The fourth-order valence-corrected chi connectivity index (χ4v) is 5.58. The summed E-state index contributed by atoms with van der Waals surface area (Å²) in [7, 11) is 0. The van der Waals surface area contributed by atoms with Crippen LogP contribution in [-0.2, 0) is 22.6 Å². The number of pyridine rings is 1. The van der Waals surface area contributed by atoms with Crippen LogP contribution in [0.15, 0.2) is 60.8 Å². The molecule has 3 aromatic heterocycles. The molecule has 0 unspecified atom stereocenters. The second-order valence-electron chi connectivity index (χ2n) is 11.6. The third-order valence-corrected chi connectivity index (χ3v) is 8.10. The average Bonchev–Trinajstić information content (AvgIpc) is 3.85. The van der Waals surface area contributed by atoms with Crippen molar-refractivity contribution in [1.82, 2.24) is 29.6 Å². The number of rotatable bonds is 11. The van der Waals surface area contributed by atoms with Crippen LogP contribution in [0.5, 0.6) is 5.75 Å². The van der Waals surface area contributed by atoms with E-state index in [9.17, 15) is 4.79 Å². The van der Waals surface area contributed by atoms with Crippen LogP contribution in [0.1, 0.15) is 31.0 Å². The van der Waals surface area contributed by atoms with Gasteiger partial charge >= 0.3 is 0 Å². The van der Waals surface area contributed by atoms with E-state index in [-0.39, 0.29) is 29.7 Å². The summed E-state index contributed by atoms with van der Waals surface area (Å²) in [5, 5.41) is 11.8. The summed E-state index contributed by atoms with van der Waals surface area (Å²) in [5.74, 6) is 0.0625. The Morgan fingerprint density at radius 2 is 1.79 bits per heavy atom. The van der Waals surface area contributed by atoms with Crippen molar-refractivity contribution in [3.05, 3.63) is 83.7 Å². The fourth-order valence-electron chi connectivity index (χ4n) is 5.58. The van der Waals surface area contributed by atoms with Crippen LogP contribution in [0, 0.1) is 17.6 Å². The first-order valence-electron chi connectivity index (χ1n) is 15.7. The summed E-state index contributed by atoms with van der Waals surface area (Å²) in [6, 6.07) is 15.3. The molecule has 242 valence electrons. The monoisotopic (exact) mass is 640 g/mol. The highest BCUT2D eigenvalue weighted by Crippen LogP contribution is 2.32. The molecule has 5 aromatic rings. The van der Waals surface area contributed by atoms with Gasteiger partial charge in [0.15, 0.2) is 5.82 Å². The lowest BCUT2D eigenvalue weighted by molar-refractivity contribution is -0.117. The molecule has 1 saturated heterocycles. The molecule has 2 N–H and O–H groups in total. The maximum atomic E-state index is 15.1. The second-order valence-corrected chi connectivity index (χ2v) is 11.6. The lowest BCUT2D eigenvalue weighted by Crippen LogP contribution is -2.35. The number of benzene rings is 2. The summed E-state index contributed by atoms with van der Waals surface area (Å²) in [6.45, 7) is 5.30. The zero-order valence-corrected chi connectivity index (χ0v) is 25.9. The standard InChI is InChI=1S/C34H34F2N8O3/c1-2-47-24-17-27(35)26(28(36)18-24)20-44-29-6-4-3-5-25(29)32(42-44)33-39-23(19-43-11-13-46-14-12-43)16-31(40-33)38-22-9-10-37-30(15-22)41-34(45)21-7-8-21/h3-6,9-10,15-18,21H,2,7-8,11-14,19-20H2,1H3,(H2,37,38,39,40,41,45). The van der Waals surface area contributed by atoms with E-state index in [1.54, 1.807) is 29.9 Å². The average molecular weight is 641 g/mol. The number of halogens is 2. The highest BCUT2D eigenvalue weighted by molar-refractivity contribution is 5.94. The van der Waals surface area contributed by atoms with Crippen molar-refractivity contribution < 1.29 is 23.0 Å². The molecule has 0 radical (unpaired) electrons. The number of carbonyl (C=O) groups is 1. The molecule has 7 rings (SSSR count).